The first-order chi connectivity index (χ1) is 8.56. The third-order valence-corrected chi connectivity index (χ3v) is 3.45. The summed E-state index contributed by atoms with van der Waals surface area (Å²) in [7, 11) is 0. The van der Waals surface area contributed by atoms with Crippen molar-refractivity contribution in [3.8, 4) is 5.75 Å². The van der Waals surface area contributed by atoms with Crippen molar-refractivity contribution in [1.82, 2.24) is 4.90 Å². The van der Waals surface area contributed by atoms with E-state index in [4.69, 9.17) is 21.4 Å². The summed E-state index contributed by atoms with van der Waals surface area (Å²) < 4.78 is 5.87. The van der Waals surface area contributed by atoms with Crippen molar-refractivity contribution < 1.29 is 14.6 Å². The van der Waals surface area contributed by atoms with Crippen LogP contribution in [0.3, 0.4) is 0 Å². The zero-order valence-corrected chi connectivity index (χ0v) is 10.9. The standard InChI is InChI=1S/C13H16ClNO3/c1-9-8-15(13(16)17)7-6-12(9)18-11-4-2-10(14)3-5-11/h2-5,9,12H,6-8H2,1H3,(H,16,17). The smallest absolute Gasteiger partial charge is 0.407 e. The number of carboxylic acid groups (broad SMARTS) is 1. The van der Waals surface area contributed by atoms with Crippen LogP contribution in [0.1, 0.15) is 13.3 Å². The molecule has 5 heteroatoms. The van der Waals surface area contributed by atoms with Crippen LogP contribution in [0.4, 0.5) is 4.79 Å². The molecule has 0 saturated carbocycles. The van der Waals surface area contributed by atoms with Gasteiger partial charge in [-0.05, 0) is 24.3 Å². The summed E-state index contributed by atoms with van der Waals surface area (Å²) in [6, 6.07) is 7.24. The number of hydrogen-bond acceptors (Lipinski definition) is 2. The Morgan fingerprint density at radius 2 is 2.11 bits per heavy atom. The highest BCUT2D eigenvalue weighted by Gasteiger charge is 2.29. The van der Waals surface area contributed by atoms with E-state index in [0.717, 1.165) is 12.2 Å². The average Bonchev–Trinajstić information content (AvgIpc) is 2.34. The molecule has 1 aromatic rings. The number of likely N-dealkylation sites (tertiary alicyclic amines) is 1. The van der Waals surface area contributed by atoms with E-state index >= 15 is 0 Å². The number of benzene rings is 1. The number of hydrogen-bond donors (Lipinski definition) is 1. The summed E-state index contributed by atoms with van der Waals surface area (Å²) in [6.45, 7) is 3.06. The molecule has 0 radical (unpaired) electrons. The molecule has 2 atom stereocenters. The number of piperidine rings is 1. The van der Waals surface area contributed by atoms with Gasteiger partial charge in [0, 0.05) is 30.5 Å². The minimum Gasteiger partial charge on any atom is -0.490 e. The lowest BCUT2D eigenvalue weighted by Crippen LogP contribution is -2.46. The minimum absolute atomic E-state index is 0.0572. The van der Waals surface area contributed by atoms with Gasteiger partial charge in [-0.25, -0.2) is 4.79 Å². The van der Waals surface area contributed by atoms with Crippen molar-refractivity contribution in [3.63, 3.8) is 0 Å². The third-order valence-electron chi connectivity index (χ3n) is 3.20. The molecule has 1 aliphatic rings. The number of amides is 1. The fourth-order valence-electron chi connectivity index (χ4n) is 2.16. The molecule has 98 valence electrons. The second-order valence-corrected chi connectivity index (χ2v) is 5.04. The molecule has 2 unspecified atom stereocenters. The Labute approximate surface area is 111 Å². The highest BCUT2D eigenvalue weighted by atomic mass is 35.5. The highest BCUT2D eigenvalue weighted by Crippen LogP contribution is 2.24. The van der Waals surface area contributed by atoms with Gasteiger partial charge >= 0.3 is 6.09 Å². The predicted octanol–water partition coefficient (Wildman–Crippen LogP) is 3.11. The van der Waals surface area contributed by atoms with E-state index in [1.54, 1.807) is 12.1 Å². The summed E-state index contributed by atoms with van der Waals surface area (Å²) >= 11 is 5.81. The first-order valence-electron chi connectivity index (χ1n) is 5.96. The largest absolute Gasteiger partial charge is 0.490 e. The molecule has 4 nitrogen and oxygen atoms in total. The van der Waals surface area contributed by atoms with E-state index in [-0.39, 0.29) is 12.0 Å². The molecule has 1 heterocycles. The molecule has 1 N–H and O–H groups in total. The van der Waals surface area contributed by atoms with E-state index < -0.39 is 6.09 Å². The molecule has 1 aliphatic heterocycles. The molecule has 1 amide bonds. The van der Waals surface area contributed by atoms with Gasteiger partial charge in [0.05, 0.1) is 0 Å². The fraction of sp³-hybridized carbons (Fsp3) is 0.462. The van der Waals surface area contributed by atoms with Gasteiger partial charge in [0.15, 0.2) is 0 Å². The van der Waals surface area contributed by atoms with E-state index in [1.165, 1.54) is 4.90 Å². The number of carbonyl (C=O) groups is 1. The molecule has 1 saturated heterocycles. The van der Waals surface area contributed by atoms with Gasteiger partial charge in [-0.1, -0.05) is 18.5 Å². The molecular formula is C13H16ClNO3. The van der Waals surface area contributed by atoms with E-state index in [9.17, 15) is 4.79 Å². The van der Waals surface area contributed by atoms with Gasteiger partial charge in [0.2, 0.25) is 0 Å². The predicted molar refractivity (Wildman–Crippen MR) is 69.2 cm³/mol. The van der Waals surface area contributed by atoms with E-state index in [0.29, 0.717) is 18.1 Å². The lowest BCUT2D eigenvalue weighted by Gasteiger charge is -2.35. The van der Waals surface area contributed by atoms with Crippen LogP contribution < -0.4 is 4.74 Å². The molecule has 0 bridgehead atoms. The van der Waals surface area contributed by atoms with Gasteiger partial charge < -0.3 is 14.7 Å². The Bertz CT molecular complexity index is 421. The van der Waals surface area contributed by atoms with Crippen LogP contribution in [0.2, 0.25) is 5.02 Å². The molecule has 2 rings (SSSR count). The summed E-state index contributed by atoms with van der Waals surface area (Å²) in [5, 5.41) is 9.61. The van der Waals surface area contributed by atoms with Gasteiger partial charge in [-0.2, -0.15) is 0 Å². The monoisotopic (exact) mass is 269 g/mol. The van der Waals surface area contributed by atoms with Crippen LogP contribution in [0, 0.1) is 5.92 Å². The SMILES string of the molecule is CC1CN(C(=O)O)CCC1Oc1ccc(Cl)cc1. The first kappa shape index (κ1) is 13.0. The van der Waals surface area contributed by atoms with Gasteiger partial charge in [-0.15, -0.1) is 0 Å². The maximum absolute atomic E-state index is 10.9. The fourth-order valence-corrected chi connectivity index (χ4v) is 2.29. The minimum atomic E-state index is -0.855. The van der Waals surface area contributed by atoms with Crippen molar-refractivity contribution in [2.24, 2.45) is 5.92 Å². The van der Waals surface area contributed by atoms with Crippen LogP contribution in [0.15, 0.2) is 24.3 Å². The molecule has 18 heavy (non-hydrogen) atoms. The third kappa shape index (κ3) is 3.07. The van der Waals surface area contributed by atoms with Gasteiger partial charge in [0.25, 0.3) is 0 Å². The Morgan fingerprint density at radius 1 is 1.44 bits per heavy atom. The lowest BCUT2D eigenvalue weighted by atomic mass is 9.97. The van der Waals surface area contributed by atoms with Crippen LogP contribution in [0.5, 0.6) is 5.75 Å². The van der Waals surface area contributed by atoms with Crippen molar-refractivity contribution in [1.29, 1.82) is 0 Å². The maximum atomic E-state index is 10.9. The highest BCUT2D eigenvalue weighted by molar-refractivity contribution is 6.30. The molecule has 0 spiro atoms. The Balaban J connectivity index is 1.95. The van der Waals surface area contributed by atoms with Crippen molar-refractivity contribution in [2.45, 2.75) is 19.4 Å². The Hall–Kier alpha value is -1.42. The molecule has 1 aromatic carbocycles. The summed E-state index contributed by atoms with van der Waals surface area (Å²) in [6.07, 6.45) is -0.0793. The number of ether oxygens (including phenoxy) is 1. The van der Waals surface area contributed by atoms with Crippen molar-refractivity contribution in [2.75, 3.05) is 13.1 Å². The summed E-state index contributed by atoms with van der Waals surface area (Å²) in [5.41, 5.74) is 0. The second kappa shape index (κ2) is 5.48. The second-order valence-electron chi connectivity index (χ2n) is 4.60. The number of halogens is 1. The lowest BCUT2D eigenvalue weighted by molar-refractivity contribution is 0.0520. The van der Waals surface area contributed by atoms with Gasteiger partial charge in [-0.3, -0.25) is 0 Å². The topological polar surface area (TPSA) is 49.8 Å². The molecule has 0 aliphatic carbocycles. The van der Waals surface area contributed by atoms with E-state index in [1.807, 2.05) is 19.1 Å². The zero-order chi connectivity index (χ0) is 13.1. The average molecular weight is 270 g/mol. The molecule has 1 fully saturated rings. The summed E-state index contributed by atoms with van der Waals surface area (Å²) in [4.78, 5) is 12.3. The van der Waals surface area contributed by atoms with Crippen LogP contribution >= 0.6 is 11.6 Å². The first-order valence-corrected chi connectivity index (χ1v) is 6.34. The van der Waals surface area contributed by atoms with Gasteiger partial charge in [0.1, 0.15) is 11.9 Å². The number of nitrogens with zero attached hydrogens (tertiary/aromatic N) is 1. The molecular weight excluding hydrogens is 254 g/mol. The van der Waals surface area contributed by atoms with Crippen LogP contribution in [-0.4, -0.2) is 35.3 Å². The summed E-state index contributed by atoms with van der Waals surface area (Å²) in [5.74, 6) is 0.963. The van der Waals surface area contributed by atoms with Crippen molar-refractivity contribution in [3.05, 3.63) is 29.3 Å². The maximum Gasteiger partial charge on any atom is 0.407 e. The quantitative estimate of drug-likeness (QED) is 0.897. The number of rotatable bonds is 2. The van der Waals surface area contributed by atoms with Crippen LogP contribution in [0.25, 0.3) is 0 Å². The Morgan fingerprint density at radius 3 is 2.67 bits per heavy atom. The van der Waals surface area contributed by atoms with E-state index in [2.05, 4.69) is 0 Å². The molecule has 0 aromatic heterocycles. The Kier molecular flexibility index (Phi) is 3.97. The van der Waals surface area contributed by atoms with Crippen molar-refractivity contribution >= 4 is 17.7 Å². The normalized spacial score (nSPS) is 23.8. The zero-order valence-electron chi connectivity index (χ0n) is 10.2. The van der Waals surface area contributed by atoms with Crippen LogP contribution in [-0.2, 0) is 0 Å².